The molecule has 2 aromatic rings. The van der Waals surface area contributed by atoms with Gasteiger partial charge in [-0.2, -0.15) is 0 Å². The van der Waals surface area contributed by atoms with E-state index in [1.165, 1.54) is 17.0 Å². The Balaban J connectivity index is 1.98. The Morgan fingerprint density at radius 3 is 2.27 bits per heavy atom. The second-order valence-corrected chi connectivity index (χ2v) is 7.75. The van der Waals surface area contributed by atoms with E-state index in [2.05, 4.69) is 5.32 Å². The summed E-state index contributed by atoms with van der Waals surface area (Å²) in [5.74, 6) is 0.0750. The van der Waals surface area contributed by atoms with Crippen LogP contribution in [0.5, 0.6) is 5.75 Å². The van der Waals surface area contributed by atoms with Crippen LogP contribution in [0.2, 0.25) is 0 Å². The summed E-state index contributed by atoms with van der Waals surface area (Å²) >= 11 is 0. The normalized spacial score (nSPS) is 11.8. The third kappa shape index (κ3) is 7.50. The van der Waals surface area contributed by atoms with Gasteiger partial charge in [0.2, 0.25) is 11.8 Å². The van der Waals surface area contributed by atoms with Crippen molar-refractivity contribution < 1.29 is 18.7 Å². The molecule has 0 aromatic heterocycles. The van der Waals surface area contributed by atoms with E-state index in [4.69, 9.17) is 4.74 Å². The molecule has 0 aliphatic rings. The molecule has 1 atom stereocenters. The standard InChI is InChI=1S/C24H31FN2O3/c1-17(2)26-24(29)19(4)27(16-20-9-11-21(25)12-10-20)23(28)6-5-15-30-22-13-7-18(3)8-14-22/h7-14,17,19H,5-6,15-16H2,1-4H3,(H,26,29)/t19-/m0/s1. The minimum absolute atomic E-state index is 0.0226. The first-order valence-corrected chi connectivity index (χ1v) is 10.3. The highest BCUT2D eigenvalue weighted by Gasteiger charge is 2.26. The number of ether oxygens (including phenoxy) is 1. The molecule has 5 nitrogen and oxygen atoms in total. The third-order valence-electron chi connectivity index (χ3n) is 4.69. The van der Waals surface area contributed by atoms with Gasteiger partial charge < -0.3 is 15.0 Å². The molecule has 2 rings (SSSR count). The maximum atomic E-state index is 13.2. The number of amides is 2. The van der Waals surface area contributed by atoms with Gasteiger partial charge in [0.15, 0.2) is 0 Å². The van der Waals surface area contributed by atoms with Crippen molar-refractivity contribution in [3.63, 3.8) is 0 Å². The van der Waals surface area contributed by atoms with Crippen LogP contribution in [0.1, 0.15) is 44.7 Å². The molecule has 0 unspecified atom stereocenters. The number of halogens is 1. The quantitative estimate of drug-likeness (QED) is 0.592. The Hall–Kier alpha value is -2.89. The van der Waals surface area contributed by atoms with Crippen LogP contribution in [0.3, 0.4) is 0 Å². The second-order valence-electron chi connectivity index (χ2n) is 7.75. The van der Waals surface area contributed by atoms with Gasteiger partial charge in [-0.15, -0.1) is 0 Å². The number of hydrogen-bond donors (Lipinski definition) is 1. The Labute approximate surface area is 178 Å². The van der Waals surface area contributed by atoms with Crippen molar-refractivity contribution in [1.29, 1.82) is 0 Å². The fourth-order valence-electron chi connectivity index (χ4n) is 2.97. The highest BCUT2D eigenvalue weighted by atomic mass is 19.1. The van der Waals surface area contributed by atoms with Crippen LogP contribution >= 0.6 is 0 Å². The lowest BCUT2D eigenvalue weighted by molar-refractivity contribution is -0.141. The summed E-state index contributed by atoms with van der Waals surface area (Å²) in [7, 11) is 0. The van der Waals surface area contributed by atoms with Gasteiger partial charge in [0.05, 0.1) is 6.61 Å². The van der Waals surface area contributed by atoms with Gasteiger partial charge in [-0.25, -0.2) is 4.39 Å². The molecular weight excluding hydrogens is 383 g/mol. The first-order valence-electron chi connectivity index (χ1n) is 10.3. The molecule has 1 N–H and O–H groups in total. The summed E-state index contributed by atoms with van der Waals surface area (Å²) in [4.78, 5) is 27.0. The smallest absolute Gasteiger partial charge is 0.242 e. The van der Waals surface area contributed by atoms with Gasteiger partial charge in [-0.1, -0.05) is 29.8 Å². The topological polar surface area (TPSA) is 58.6 Å². The van der Waals surface area contributed by atoms with E-state index >= 15 is 0 Å². The molecule has 2 aromatic carbocycles. The molecule has 0 spiro atoms. The number of carbonyl (C=O) groups is 2. The number of carbonyl (C=O) groups excluding carboxylic acids is 2. The van der Waals surface area contributed by atoms with Gasteiger partial charge >= 0.3 is 0 Å². The zero-order chi connectivity index (χ0) is 22.1. The van der Waals surface area contributed by atoms with E-state index in [1.807, 2.05) is 45.0 Å². The molecular formula is C24H31FN2O3. The highest BCUT2D eigenvalue weighted by molar-refractivity contribution is 5.87. The Bertz CT molecular complexity index is 819. The van der Waals surface area contributed by atoms with Crippen LogP contribution in [0.4, 0.5) is 4.39 Å². The van der Waals surface area contributed by atoms with E-state index in [0.717, 1.165) is 16.9 Å². The van der Waals surface area contributed by atoms with Crippen molar-refractivity contribution in [2.24, 2.45) is 0 Å². The molecule has 0 bridgehead atoms. The zero-order valence-electron chi connectivity index (χ0n) is 18.2. The maximum Gasteiger partial charge on any atom is 0.242 e. The van der Waals surface area contributed by atoms with Gasteiger partial charge in [-0.05, 0) is 63.9 Å². The van der Waals surface area contributed by atoms with E-state index < -0.39 is 6.04 Å². The molecule has 0 saturated heterocycles. The number of rotatable bonds is 10. The first-order chi connectivity index (χ1) is 14.3. The SMILES string of the molecule is Cc1ccc(OCCCC(=O)N(Cc2ccc(F)cc2)[C@@H](C)C(=O)NC(C)C)cc1. The lowest BCUT2D eigenvalue weighted by atomic mass is 10.1. The molecule has 0 fully saturated rings. The average Bonchev–Trinajstić information content (AvgIpc) is 2.71. The van der Waals surface area contributed by atoms with E-state index in [1.54, 1.807) is 19.1 Å². The van der Waals surface area contributed by atoms with Crippen molar-refractivity contribution in [3.05, 3.63) is 65.5 Å². The van der Waals surface area contributed by atoms with E-state index in [0.29, 0.717) is 13.0 Å². The summed E-state index contributed by atoms with van der Waals surface area (Å²) < 4.78 is 18.9. The Morgan fingerprint density at radius 1 is 1.03 bits per heavy atom. The second kappa shape index (κ2) is 11.3. The van der Waals surface area contributed by atoms with Crippen molar-refractivity contribution in [2.45, 2.75) is 59.2 Å². The predicted octanol–water partition coefficient (Wildman–Crippen LogP) is 4.24. The predicted molar refractivity (Wildman–Crippen MR) is 116 cm³/mol. The molecule has 0 heterocycles. The van der Waals surface area contributed by atoms with Crippen molar-refractivity contribution in [3.8, 4) is 5.75 Å². The third-order valence-corrected chi connectivity index (χ3v) is 4.69. The molecule has 0 radical (unpaired) electrons. The van der Waals surface area contributed by atoms with Crippen LogP contribution in [-0.2, 0) is 16.1 Å². The average molecular weight is 415 g/mol. The number of nitrogens with zero attached hydrogens (tertiary/aromatic N) is 1. The van der Waals surface area contributed by atoms with E-state index in [-0.39, 0.29) is 36.6 Å². The summed E-state index contributed by atoms with van der Waals surface area (Å²) in [6, 6.07) is 13.0. The van der Waals surface area contributed by atoms with Crippen LogP contribution in [-0.4, -0.2) is 35.4 Å². The van der Waals surface area contributed by atoms with Crippen molar-refractivity contribution in [1.82, 2.24) is 10.2 Å². The van der Waals surface area contributed by atoms with Crippen molar-refractivity contribution in [2.75, 3.05) is 6.61 Å². The fourth-order valence-corrected chi connectivity index (χ4v) is 2.97. The molecule has 30 heavy (non-hydrogen) atoms. The van der Waals surface area contributed by atoms with Gasteiger partial charge in [-0.3, -0.25) is 9.59 Å². The van der Waals surface area contributed by atoms with Crippen LogP contribution in [0, 0.1) is 12.7 Å². The molecule has 0 aliphatic carbocycles. The lowest BCUT2D eigenvalue weighted by Crippen LogP contribution is -2.49. The van der Waals surface area contributed by atoms with Gasteiger partial charge in [0.25, 0.3) is 0 Å². The minimum atomic E-state index is -0.636. The Kier molecular flexibility index (Phi) is 8.84. The van der Waals surface area contributed by atoms with Crippen molar-refractivity contribution >= 4 is 11.8 Å². The first kappa shape index (κ1) is 23.4. The molecule has 6 heteroatoms. The Morgan fingerprint density at radius 2 is 1.67 bits per heavy atom. The van der Waals surface area contributed by atoms with Crippen LogP contribution in [0.25, 0.3) is 0 Å². The number of aryl methyl sites for hydroxylation is 1. The highest BCUT2D eigenvalue weighted by Crippen LogP contribution is 2.15. The van der Waals surface area contributed by atoms with Crippen LogP contribution < -0.4 is 10.1 Å². The summed E-state index contributed by atoms with van der Waals surface area (Å²) in [6.45, 7) is 8.12. The minimum Gasteiger partial charge on any atom is -0.494 e. The molecule has 0 saturated carbocycles. The molecule has 0 aliphatic heterocycles. The number of hydrogen-bond acceptors (Lipinski definition) is 3. The zero-order valence-corrected chi connectivity index (χ0v) is 18.2. The number of benzene rings is 2. The molecule has 2 amide bonds. The maximum absolute atomic E-state index is 13.2. The van der Waals surface area contributed by atoms with Gasteiger partial charge in [0, 0.05) is 19.0 Å². The fraction of sp³-hybridized carbons (Fsp3) is 0.417. The summed E-state index contributed by atoms with van der Waals surface area (Å²) in [6.07, 6.45) is 0.789. The van der Waals surface area contributed by atoms with Gasteiger partial charge in [0.1, 0.15) is 17.6 Å². The number of nitrogens with one attached hydrogen (secondary N) is 1. The molecule has 162 valence electrons. The monoisotopic (exact) mass is 414 g/mol. The summed E-state index contributed by atoms with van der Waals surface area (Å²) in [5, 5.41) is 2.85. The van der Waals surface area contributed by atoms with Crippen LogP contribution in [0.15, 0.2) is 48.5 Å². The lowest BCUT2D eigenvalue weighted by Gasteiger charge is -2.29. The van der Waals surface area contributed by atoms with E-state index in [9.17, 15) is 14.0 Å². The summed E-state index contributed by atoms with van der Waals surface area (Å²) in [5.41, 5.74) is 1.92. The largest absolute Gasteiger partial charge is 0.494 e.